The van der Waals surface area contributed by atoms with Crippen LogP contribution >= 0.6 is 31.9 Å². The summed E-state index contributed by atoms with van der Waals surface area (Å²) >= 11 is 6.41. The summed E-state index contributed by atoms with van der Waals surface area (Å²) in [6.07, 6.45) is 1.59. The van der Waals surface area contributed by atoms with Gasteiger partial charge in [-0.25, -0.2) is 0 Å². The van der Waals surface area contributed by atoms with Crippen molar-refractivity contribution in [2.24, 2.45) is 0 Å². The van der Waals surface area contributed by atoms with Crippen molar-refractivity contribution < 1.29 is 4.79 Å². The summed E-state index contributed by atoms with van der Waals surface area (Å²) in [5.74, 6) is -0.179. The number of nitrogens with one attached hydrogen (secondary N) is 1. The molecule has 1 N–H and O–H groups in total. The molecular formula is C10H12Br2N2O2. The molecule has 6 heteroatoms. The minimum Gasteiger partial charge on any atom is -0.352 e. The topological polar surface area (TPSA) is 51.1 Å². The van der Waals surface area contributed by atoms with E-state index >= 15 is 0 Å². The number of aromatic nitrogens is 1. The van der Waals surface area contributed by atoms with Gasteiger partial charge >= 0.3 is 0 Å². The third-order valence-corrected chi connectivity index (χ3v) is 2.77. The molecule has 0 saturated carbocycles. The summed E-state index contributed by atoms with van der Waals surface area (Å²) in [6.45, 7) is 3.77. The number of hydrogen-bond acceptors (Lipinski definition) is 2. The molecule has 1 rings (SSSR count). The highest BCUT2D eigenvalue weighted by molar-refractivity contribution is 9.11. The molecular weight excluding hydrogens is 340 g/mol. The Balaban J connectivity index is 2.89. The molecule has 1 amide bonds. The van der Waals surface area contributed by atoms with Crippen molar-refractivity contribution in [2.45, 2.75) is 26.4 Å². The van der Waals surface area contributed by atoms with E-state index in [1.807, 2.05) is 13.8 Å². The van der Waals surface area contributed by atoms with Crippen molar-refractivity contribution in [3.8, 4) is 0 Å². The Morgan fingerprint density at radius 2 is 2.12 bits per heavy atom. The molecule has 88 valence electrons. The highest BCUT2D eigenvalue weighted by Gasteiger charge is 2.08. The molecule has 0 spiro atoms. The molecule has 0 aliphatic heterocycles. The Bertz CT molecular complexity index is 455. The first-order valence-electron chi connectivity index (χ1n) is 4.75. The van der Waals surface area contributed by atoms with Gasteiger partial charge in [-0.05, 0) is 51.8 Å². The molecule has 16 heavy (non-hydrogen) atoms. The zero-order chi connectivity index (χ0) is 12.3. The van der Waals surface area contributed by atoms with Crippen LogP contribution in [-0.2, 0) is 11.3 Å². The molecule has 1 aromatic rings. The summed E-state index contributed by atoms with van der Waals surface area (Å²) in [6, 6.07) is 1.72. The summed E-state index contributed by atoms with van der Waals surface area (Å²) in [7, 11) is 0. The largest absolute Gasteiger partial charge is 0.352 e. The fraction of sp³-hybridized carbons (Fsp3) is 0.400. The number of nitrogens with zero attached hydrogens (tertiary/aromatic N) is 1. The summed E-state index contributed by atoms with van der Waals surface area (Å²) in [5, 5.41) is 2.73. The average molecular weight is 352 g/mol. The molecule has 0 unspecified atom stereocenters. The smallest absolute Gasteiger partial charge is 0.265 e. The van der Waals surface area contributed by atoms with Gasteiger partial charge in [-0.1, -0.05) is 0 Å². The third kappa shape index (κ3) is 3.75. The van der Waals surface area contributed by atoms with Crippen LogP contribution in [0.1, 0.15) is 13.8 Å². The van der Waals surface area contributed by atoms with Crippen LogP contribution in [0.25, 0.3) is 0 Å². The zero-order valence-corrected chi connectivity index (χ0v) is 12.1. The van der Waals surface area contributed by atoms with Crippen molar-refractivity contribution in [3.63, 3.8) is 0 Å². The van der Waals surface area contributed by atoms with E-state index < -0.39 is 0 Å². The van der Waals surface area contributed by atoms with E-state index in [4.69, 9.17) is 0 Å². The highest BCUT2D eigenvalue weighted by Crippen LogP contribution is 2.12. The number of halogens is 2. The van der Waals surface area contributed by atoms with E-state index in [0.29, 0.717) is 4.47 Å². The van der Waals surface area contributed by atoms with E-state index in [1.165, 1.54) is 4.57 Å². The number of hydrogen-bond donors (Lipinski definition) is 1. The van der Waals surface area contributed by atoms with Crippen LogP contribution in [0.2, 0.25) is 0 Å². The Morgan fingerprint density at radius 3 is 2.69 bits per heavy atom. The maximum Gasteiger partial charge on any atom is 0.265 e. The molecule has 1 aromatic heterocycles. The summed E-state index contributed by atoms with van der Waals surface area (Å²) in [4.78, 5) is 23.2. The minimum atomic E-state index is -0.220. The molecule has 0 aliphatic rings. The van der Waals surface area contributed by atoms with E-state index in [1.54, 1.807) is 12.3 Å². The quantitative estimate of drug-likeness (QED) is 0.904. The van der Waals surface area contributed by atoms with Gasteiger partial charge in [0.1, 0.15) is 6.54 Å². The second-order valence-electron chi connectivity index (χ2n) is 3.66. The first-order chi connectivity index (χ1) is 7.40. The monoisotopic (exact) mass is 350 g/mol. The first-order valence-corrected chi connectivity index (χ1v) is 6.33. The molecule has 0 atom stereocenters. The molecule has 1 heterocycles. The van der Waals surface area contributed by atoms with Gasteiger partial charge in [0.2, 0.25) is 5.91 Å². The number of rotatable bonds is 3. The standard InChI is InChI=1S/C10H12Br2N2O2/c1-6(2)13-9(15)5-14-4-7(11)3-8(12)10(14)16/h3-4,6H,5H2,1-2H3,(H,13,15). The predicted molar refractivity (Wildman–Crippen MR) is 69.4 cm³/mol. The van der Waals surface area contributed by atoms with E-state index in [2.05, 4.69) is 37.2 Å². The Labute approximate surface area is 110 Å². The van der Waals surface area contributed by atoms with Gasteiger partial charge < -0.3 is 9.88 Å². The lowest BCUT2D eigenvalue weighted by Gasteiger charge is -2.10. The number of carbonyl (C=O) groups is 1. The molecule has 0 aromatic carbocycles. The van der Waals surface area contributed by atoms with Crippen LogP contribution in [0.3, 0.4) is 0 Å². The molecule has 0 fully saturated rings. The van der Waals surface area contributed by atoms with Gasteiger partial charge in [0.25, 0.3) is 5.56 Å². The van der Waals surface area contributed by atoms with Gasteiger partial charge in [0.05, 0.1) is 4.47 Å². The van der Waals surface area contributed by atoms with Crippen LogP contribution in [0, 0.1) is 0 Å². The normalized spacial score (nSPS) is 10.6. The Kier molecular flexibility index (Phi) is 4.73. The SMILES string of the molecule is CC(C)NC(=O)Cn1cc(Br)cc(Br)c1=O. The maximum absolute atomic E-state index is 11.7. The van der Waals surface area contributed by atoms with Crippen LogP contribution in [-0.4, -0.2) is 16.5 Å². The van der Waals surface area contributed by atoms with Crippen LogP contribution in [0.4, 0.5) is 0 Å². The molecule has 0 radical (unpaired) electrons. The number of amides is 1. The average Bonchev–Trinajstić information content (AvgIpc) is 2.11. The Morgan fingerprint density at radius 1 is 1.50 bits per heavy atom. The molecule has 4 nitrogen and oxygen atoms in total. The zero-order valence-electron chi connectivity index (χ0n) is 8.96. The van der Waals surface area contributed by atoms with Gasteiger partial charge in [-0.2, -0.15) is 0 Å². The van der Waals surface area contributed by atoms with E-state index in [-0.39, 0.29) is 24.1 Å². The number of pyridine rings is 1. The second-order valence-corrected chi connectivity index (χ2v) is 5.43. The van der Waals surface area contributed by atoms with Gasteiger partial charge in [0, 0.05) is 16.7 Å². The first kappa shape index (κ1) is 13.4. The molecule has 0 aliphatic carbocycles. The van der Waals surface area contributed by atoms with Crippen molar-refractivity contribution in [2.75, 3.05) is 0 Å². The maximum atomic E-state index is 11.7. The van der Waals surface area contributed by atoms with Gasteiger partial charge in [-0.15, -0.1) is 0 Å². The van der Waals surface area contributed by atoms with Crippen molar-refractivity contribution in [3.05, 3.63) is 31.6 Å². The molecule has 0 bridgehead atoms. The predicted octanol–water partition coefficient (Wildman–Crippen LogP) is 1.90. The van der Waals surface area contributed by atoms with Crippen molar-refractivity contribution in [1.29, 1.82) is 0 Å². The lowest BCUT2D eigenvalue weighted by molar-refractivity contribution is -0.122. The van der Waals surface area contributed by atoms with Crippen LogP contribution < -0.4 is 10.9 Å². The van der Waals surface area contributed by atoms with Crippen molar-refractivity contribution >= 4 is 37.8 Å². The van der Waals surface area contributed by atoms with Crippen LogP contribution in [0.5, 0.6) is 0 Å². The summed E-state index contributed by atoms with van der Waals surface area (Å²) < 4.78 is 2.53. The minimum absolute atomic E-state index is 0.0229. The van der Waals surface area contributed by atoms with Gasteiger partial charge in [-0.3, -0.25) is 9.59 Å². The fourth-order valence-electron chi connectivity index (χ4n) is 1.20. The lowest BCUT2D eigenvalue weighted by atomic mass is 10.4. The number of carbonyl (C=O) groups excluding carboxylic acids is 1. The highest BCUT2D eigenvalue weighted by atomic mass is 79.9. The van der Waals surface area contributed by atoms with Crippen molar-refractivity contribution in [1.82, 2.24) is 9.88 Å². The second kappa shape index (κ2) is 5.63. The fourth-order valence-corrected chi connectivity index (χ4v) is 2.46. The summed E-state index contributed by atoms with van der Waals surface area (Å²) in [5.41, 5.74) is -0.220. The van der Waals surface area contributed by atoms with Crippen LogP contribution in [0.15, 0.2) is 26.0 Å². The molecule has 0 saturated heterocycles. The third-order valence-electron chi connectivity index (χ3n) is 1.77. The van der Waals surface area contributed by atoms with E-state index in [9.17, 15) is 9.59 Å². The van der Waals surface area contributed by atoms with Gasteiger partial charge in [0.15, 0.2) is 0 Å². The Hall–Kier alpha value is -0.620. The lowest BCUT2D eigenvalue weighted by Crippen LogP contribution is -2.36. The van der Waals surface area contributed by atoms with E-state index in [0.717, 1.165) is 4.47 Å².